The Morgan fingerprint density at radius 2 is 1.95 bits per heavy atom. The van der Waals surface area contributed by atoms with Gasteiger partial charge in [0, 0.05) is 43.8 Å². The summed E-state index contributed by atoms with van der Waals surface area (Å²) in [5.74, 6) is 0.898. The summed E-state index contributed by atoms with van der Waals surface area (Å²) in [6.07, 6.45) is 1.86. The first-order valence-corrected chi connectivity index (χ1v) is 6.64. The molecule has 0 unspecified atom stereocenters. The molecule has 1 saturated heterocycles. The Balaban J connectivity index is 2.05. The molecule has 1 aromatic heterocycles. The third-order valence-electron chi connectivity index (χ3n) is 3.74. The first-order valence-electron chi connectivity index (χ1n) is 6.64. The van der Waals surface area contributed by atoms with Crippen molar-refractivity contribution in [1.29, 1.82) is 0 Å². The number of ether oxygens (including phenoxy) is 1. The number of likely N-dealkylation sites (N-methyl/N-ethyl adjacent to an activating group) is 1. The predicted molar refractivity (Wildman–Crippen MR) is 78.0 cm³/mol. The highest BCUT2D eigenvalue weighted by Crippen LogP contribution is 2.31. The quantitative estimate of drug-likeness (QED) is 0.822. The van der Waals surface area contributed by atoms with Crippen molar-refractivity contribution in [2.45, 2.75) is 0 Å². The maximum Gasteiger partial charge on any atom is 0.121 e. The Morgan fingerprint density at radius 3 is 2.68 bits per heavy atom. The van der Waals surface area contributed by atoms with Crippen molar-refractivity contribution in [2.75, 3.05) is 45.2 Å². The van der Waals surface area contributed by atoms with E-state index in [1.807, 2.05) is 18.3 Å². The zero-order valence-corrected chi connectivity index (χ0v) is 11.5. The van der Waals surface area contributed by atoms with Crippen LogP contribution in [0.4, 0.5) is 5.69 Å². The molecule has 0 bridgehead atoms. The number of nitrogens with zero attached hydrogens (tertiary/aromatic N) is 3. The average molecular weight is 257 g/mol. The molecule has 1 fully saturated rings. The number of benzene rings is 1. The van der Waals surface area contributed by atoms with Crippen LogP contribution in [0, 0.1) is 0 Å². The van der Waals surface area contributed by atoms with E-state index in [0.717, 1.165) is 42.8 Å². The lowest BCUT2D eigenvalue weighted by molar-refractivity contribution is 0.313. The Bertz CT molecular complexity index is 577. The Kier molecular flexibility index (Phi) is 3.25. The van der Waals surface area contributed by atoms with E-state index in [9.17, 15) is 0 Å². The second kappa shape index (κ2) is 5.05. The predicted octanol–water partition coefficient (Wildman–Crippen LogP) is 2.00. The van der Waals surface area contributed by atoms with Crippen molar-refractivity contribution in [3.05, 3.63) is 30.5 Å². The molecule has 4 nitrogen and oxygen atoms in total. The molecule has 3 rings (SSSR count). The van der Waals surface area contributed by atoms with E-state index in [0.29, 0.717) is 0 Å². The molecule has 100 valence electrons. The lowest BCUT2D eigenvalue weighted by Gasteiger charge is -2.34. The van der Waals surface area contributed by atoms with Crippen LogP contribution in [0.1, 0.15) is 0 Å². The van der Waals surface area contributed by atoms with Gasteiger partial charge >= 0.3 is 0 Å². The van der Waals surface area contributed by atoms with Crippen LogP contribution in [0.5, 0.6) is 5.75 Å². The lowest BCUT2D eigenvalue weighted by Crippen LogP contribution is -2.44. The Labute approximate surface area is 113 Å². The van der Waals surface area contributed by atoms with Crippen molar-refractivity contribution < 1.29 is 4.74 Å². The minimum Gasteiger partial charge on any atom is -0.497 e. The highest BCUT2D eigenvalue weighted by molar-refractivity contribution is 5.92. The minimum absolute atomic E-state index is 0.898. The van der Waals surface area contributed by atoms with Crippen LogP contribution in [0.2, 0.25) is 0 Å². The smallest absolute Gasteiger partial charge is 0.121 e. The van der Waals surface area contributed by atoms with Crippen molar-refractivity contribution in [3.63, 3.8) is 0 Å². The number of pyridine rings is 1. The van der Waals surface area contributed by atoms with E-state index >= 15 is 0 Å². The fourth-order valence-corrected chi connectivity index (χ4v) is 2.55. The van der Waals surface area contributed by atoms with Gasteiger partial charge in [0.25, 0.3) is 0 Å². The van der Waals surface area contributed by atoms with Crippen LogP contribution in [-0.2, 0) is 0 Å². The fraction of sp³-hybridized carbons (Fsp3) is 0.400. The molecule has 0 atom stereocenters. The summed E-state index contributed by atoms with van der Waals surface area (Å²) in [6.45, 7) is 4.25. The summed E-state index contributed by atoms with van der Waals surface area (Å²) in [5.41, 5.74) is 2.25. The highest BCUT2D eigenvalue weighted by atomic mass is 16.5. The SMILES string of the molecule is COc1cc(N2CCN(C)CC2)c2ncccc2c1. The molecule has 1 aromatic carbocycles. The van der Waals surface area contributed by atoms with Gasteiger partial charge in [-0.25, -0.2) is 0 Å². The van der Waals surface area contributed by atoms with Crippen LogP contribution in [0.3, 0.4) is 0 Å². The number of piperazine rings is 1. The molecule has 0 amide bonds. The molecule has 0 radical (unpaired) electrons. The summed E-state index contributed by atoms with van der Waals surface area (Å²) >= 11 is 0. The molecule has 0 spiro atoms. The third-order valence-corrected chi connectivity index (χ3v) is 3.74. The zero-order valence-electron chi connectivity index (χ0n) is 11.5. The molecule has 0 N–H and O–H groups in total. The van der Waals surface area contributed by atoms with Gasteiger partial charge in [0.15, 0.2) is 0 Å². The minimum atomic E-state index is 0.898. The van der Waals surface area contributed by atoms with Gasteiger partial charge in [0.2, 0.25) is 0 Å². The van der Waals surface area contributed by atoms with Gasteiger partial charge in [-0.05, 0) is 19.2 Å². The summed E-state index contributed by atoms with van der Waals surface area (Å²) < 4.78 is 5.41. The van der Waals surface area contributed by atoms with Crippen LogP contribution < -0.4 is 9.64 Å². The molecule has 4 heteroatoms. The van der Waals surface area contributed by atoms with Crippen LogP contribution in [0.15, 0.2) is 30.5 Å². The first kappa shape index (κ1) is 12.2. The number of aromatic nitrogens is 1. The van der Waals surface area contributed by atoms with E-state index in [4.69, 9.17) is 4.74 Å². The van der Waals surface area contributed by atoms with Gasteiger partial charge in [0.1, 0.15) is 5.75 Å². The van der Waals surface area contributed by atoms with Gasteiger partial charge < -0.3 is 14.5 Å². The number of hydrogen-bond donors (Lipinski definition) is 0. The Morgan fingerprint density at radius 1 is 1.16 bits per heavy atom. The van der Waals surface area contributed by atoms with E-state index < -0.39 is 0 Å². The van der Waals surface area contributed by atoms with E-state index in [1.54, 1.807) is 7.11 Å². The van der Waals surface area contributed by atoms with Crippen molar-refractivity contribution >= 4 is 16.6 Å². The van der Waals surface area contributed by atoms with E-state index in [2.05, 4.69) is 34.0 Å². The van der Waals surface area contributed by atoms with Gasteiger partial charge in [-0.15, -0.1) is 0 Å². The second-order valence-electron chi connectivity index (χ2n) is 5.01. The normalized spacial score (nSPS) is 16.8. The van der Waals surface area contributed by atoms with Crippen LogP contribution in [-0.4, -0.2) is 50.2 Å². The van der Waals surface area contributed by atoms with Crippen molar-refractivity contribution in [1.82, 2.24) is 9.88 Å². The number of fused-ring (bicyclic) bond motifs is 1. The number of anilines is 1. The molecule has 2 heterocycles. The highest BCUT2D eigenvalue weighted by Gasteiger charge is 2.17. The lowest BCUT2D eigenvalue weighted by atomic mass is 10.1. The van der Waals surface area contributed by atoms with Gasteiger partial charge in [-0.2, -0.15) is 0 Å². The largest absolute Gasteiger partial charge is 0.497 e. The van der Waals surface area contributed by atoms with Crippen LogP contribution >= 0.6 is 0 Å². The Hall–Kier alpha value is -1.81. The molecule has 0 saturated carbocycles. The number of rotatable bonds is 2. The maximum absolute atomic E-state index is 5.41. The molecule has 1 aliphatic rings. The zero-order chi connectivity index (χ0) is 13.2. The summed E-state index contributed by atoms with van der Waals surface area (Å²) in [4.78, 5) is 9.29. The van der Waals surface area contributed by atoms with Gasteiger partial charge in [-0.3, -0.25) is 4.98 Å². The van der Waals surface area contributed by atoms with E-state index in [-0.39, 0.29) is 0 Å². The fourth-order valence-electron chi connectivity index (χ4n) is 2.55. The molecule has 0 aliphatic carbocycles. The summed E-state index contributed by atoms with van der Waals surface area (Å²) in [6, 6.07) is 8.20. The van der Waals surface area contributed by atoms with Gasteiger partial charge in [0.05, 0.1) is 18.3 Å². The van der Waals surface area contributed by atoms with E-state index in [1.165, 1.54) is 5.69 Å². The summed E-state index contributed by atoms with van der Waals surface area (Å²) in [5, 5.41) is 1.13. The van der Waals surface area contributed by atoms with Crippen LogP contribution in [0.25, 0.3) is 10.9 Å². The molecular weight excluding hydrogens is 238 g/mol. The standard InChI is InChI=1S/C15H19N3O/c1-17-6-8-18(9-7-17)14-11-13(19-2)10-12-4-3-5-16-15(12)14/h3-5,10-11H,6-9H2,1-2H3. The molecule has 19 heavy (non-hydrogen) atoms. The maximum atomic E-state index is 5.41. The summed E-state index contributed by atoms with van der Waals surface area (Å²) in [7, 11) is 3.88. The number of hydrogen-bond acceptors (Lipinski definition) is 4. The molecule has 2 aromatic rings. The molecular formula is C15H19N3O. The van der Waals surface area contributed by atoms with Crippen molar-refractivity contribution in [3.8, 4) is 5.75 Å². The third kappa shape index (κ3) is 2.36. The topological polar surface area (TPSA) is 28.6 Å². The average Bonchev–Trinajstić information content (AvgIpc) is 2.47. The molecule has 1 aliphatic heterocycles. The van der Waals surface area contributed by atoms with Gasteiger partial charge in [-0.1, -0.05) is 6.07 Å². The second-order valence-corrected chi connectivity index (χ2v) is 5.01. The number of methoxy groups -OCH3 is 1. The first-order chi connectivity index (χ1) is 9.28. The van der Waals surface area contributed by atoms with Crippen molar-refractivity contribution in [2.24, 2.45) is 0 Å². The monoisotopic (exact) mass is 257 g/mol.